The molecule has 3 nitrogen and oxygen atoms in total. The van der Waals surface area contributed by atoms with Crippen molar-refractivity contribution in [3.63, 3.8) is 0 Å². The van der Waals surface area contributed by atoms with Gasteiger partial charge in [0.25, 0.3) is 0 Å². The van der Waals surface area contributed by atoms with Crippen molar-refractivity contribution in [1.82, 2.24) is 0 Å². The van der Waals surface area contributed by atoms with Crippen molar-refractivity contribution in [3.8, 4) is 0 Å². The smallest absolute Gasteiger partial charge is 0.311 e. The first-order valence-electron chi connectivity index (χ1n) is 12.1. The molecule has 170 valence electrons. The maximum absolute atomic E-state index is 12.8. The van der Waals surface area contributed by atoms with E-state index in [0.717, 1.165) is 43.5 Å². The average molecular weight is 440 g/mol. The number of anilines is 3. The summed E-state index contributed by atoms with van der Waals surface area (Å²) in [6, 6.07) is 28.1. The molecule has 0 unspecified atom stereocenters. The van der Waals surface area contributed by atoms with Gasteiger partial charge in [-0.05, 0) is 91.5 Å². The molecule has 3 aromatic rings. The van der Waals surface area contributed by atoms with E-state index in [9.17, 15) is 4.79 Å². The fraction of sp³-hybridized carbons (Fsp3) is 0.367. The van der Waals surface area contributed by atoms with Gasteiger partial charge >= 0.3 is 5.97 Å². The summed E-state index contributed by atoms with van der Waals surface area (Å²) in [6.07, 6.45) is 5.11. The number of hydrogen-bond acceptors (Lipinski definition) is 3. The molecule has 3 aromatic carbocycles. The van der Waals surface area contributed by atoms with Crippen LogP contribution in [0.1, 0.15) is 50.7 Å². The standard InChI is InChI=1S/C30H33NO2/c1-29-19-10-20-30(2,28(32)33-3)27(29)18-15-22-21-25(16-17-26(22)29)31(23-11-6-4-7-12-23)24-13-8-5-9-14-24/h4-9,11-14,16-17,21,27H,10,15,18-20H2,1-3H3/t27-,29-,30-/m1/s1. The third-order valence-corrected chi connectivity index (χ3v) is 8.28. The number of hydrogen-bond donors (Lipinski definition) is 0. The second-order valence-corrected chi connectivity index (χ2v) is 10.1. The lowest BCUT2D eigenvalue weighted by Gasteiger charge is -2.54. The molecule has 3 heteroatoms. The Labute approximate surface area is 197 Å². The summed E-state index contributed by atoms with van der Waals surface area (Å²) in [7, 11) is 1.53. The summed E-state index contributed by atoms with van der Waals surface area (Å²) in [5, 5.41) is 0. The van der Waals surface area contributed by atoms with Crippen molar-refractivity contribution in [2.45, 2.75) is 51.4 Å². The van der Waals surface area contributed by atoms with Crippen molar-refractivity contribution in [2.75, 3.05) is 12.0 Å². The third-order valence-electron chi connectivity index (χ3n) is 8.28. The van der Waals surface area contributed by atoms with Crippen molar-refractivity contribution in [1.29, 1.82) is 0 Å². The Kier molecular flexibility index (Phi) is 5.52. The van der Waals surface area contributed by atoms with Gasteiger partial charge in [-0.3, -0.25) is 4.79 Å². The summed E-state index contributed by atoms with van der Waals surface area (Å²) in [5.41, 5.74) is 5.91. The number of fused-ring (bicyclic) bond motifs is 3. The fourth-order valence-electron chi connectivity index (χ4n) is 6.70. The van der Waals surface area contributed by atoms with Crippen LogP contribution in [0.3, 0.4) is 0 Å². The predicted octanol–water partition coefficient (Wildman–Crippen LogP) is 7.34. The van der Waals surface area contributed by atoms with E-state index >= 15 is 0 Å². The maximum Gasteiger partial charge on any atom is 0.311 e. The van der Waals surface area contributed by atoms with E-state index in [4.69, 9.17) is 4.74 Å². The van der Waals surface area contributed by atoms with Crippen molar-refractivity contribution >= 4 is 23.0 Å². The zero-order valence-corrected chi connectivity index (χ0v) is 19.9. The first-order chi connectivity index (χ1) is 16.0. The first-order valence-corrected chi connectivity index (χ1v) is 12.1. The van der Waals surface area contributed by atoms with Gasteiger partial charge in [0.15, 0.2) is 0 Å². The van der Waals surface area contributed by atoms with Crippen LogP contribution in [0.25, 0.3) is 0 Å². The molecule has 0 aliphatic heterocycles. The van der Waals surface area contributed by atoms with Crippen LogP contribution in [0.2, 0.25) is 0 Å². The second kappa shape index (κ2) is 8.37. The van der Waals surface area contributed by atoms with Crippen LogP contribution in [0, 0.1) is 11.3 Å². The van der Waals surface area contributed by atoms with Crippen LogP contribution >= 0.6 is 0 Å². The number of nitrogens with zero attached hydrogens (tertiary/aromatic N) is 1. The molecule has 0 aromatic heterocycles. The number of carbonyl (C=O) groups excluding carboxylic acids is 1. The van der Waals surface area contributed by atoms with E-state index in [2.05, 4.69) is 97.6 Å². The Morgan fingerprint density at radius 1 is 0.879 bits per heavy atom. The average Bonchev–Trinajstić information content (AvgIpc) is 2.85. The molecule has 0 amide bonds. The summed E-state index contributed by atoms with van der Waals surface area (Å²) >= 11 is 0. The molecule has 2 aliphatic rings. The number of aryl methyl sites for hydroxylation is 1. The highest BCUT2D eigenvalue weighted by Crippen LogP contribution is 2.58. The first kappa shape index (κ1) is 21.8. The van der Waals surface area contributed by atoms with Gasteiger partial charge in [-0.25, -0.2) is 0 Å². The molecule has 5 rings (SSSR count). The summed E-state index contributed by atoms with van der Waals surface area (Å²) in [4.78, 5) is 15.2. The van der Waals surface area contributed by atoms with Crippen molar-refractivity contribution < 1.29 is 9.53 Å². The zero-order valence-electron chi connectivity index (χ0n) is 19.9. The molecule has 1 saturated carbocycles. The number of para-hydroxylation sites is 2. The quantitative estimate of drug-likeness (QED) is 0.398. The predicted molar refractivity (Wildman–Crippen MR) is 134 cm³/mol. The van der Waals surface area contributed by atoms with E-state index in [1.54, 1.807) is 0 Å². The molecule has 0 N–H and O–H groups in total. The monoisotopic (exact) mass is 439 g/mol. The summed E-state index contributed by atoms with van der Waals surface area (Å²) < 4.78 is 5.28. The van der Waals surface area contributed by atoms with Gasteiger partial charge in [0.05, 0.1) is 12.5 Å². The van der Waals surface area contributed by atoms with Crippen LogP contribution < -0.4 is 4.90 Å². The molecule has 0 bridgehead atoms. The fourth-order valence-corrected chi connectivity index (χ4v) is 6.70. The minimum atomic E-state index is -0.405. The lowest BCUT2D eigenvalue weighted by molar-refractivity contribution is -0.161. The third kappa shape index (κ3) is 3.55. The lowest BCUT2D eigenvalue weighted by Crippen LogP contribution is -2.52. The molecular formula is C30H33NO2. The molecule has 3 atom stereocenters. The zero-order chi connectivity index (χ0) is 23.1. The van der Waals surface area contributed by atoms with E-state index in [0.29, 0.717) is 5.92 Å². The van der Waals surface area contributed by atoms with Crippen molar-refractivity contribution in [3.05, 3.63) is 90.0 Å². The molecule has 0 saturated heterocycles. The van der Waals surface area contributed by atoms with Crippen LogP contribution in [-0.4, -0.2) is 13.1 Å². The van der Waals surface area contributed by atoms with Crippen LogP contribution in [0.4, 0.5) is 17.1 Å². The second-order valence-electron chi connectivity index (χ2n) is 10.1. The lowest BCUT2D eigenvalue weighted by atomic mass is 9.50. The Bertz CT molecular complexity index is 1100. The largest absolute Gasteiger partial charge is 0.469 e. The molecule has 1 fully saturated rings. The Morgan fingerprint density at radius 2 is 1.52 bits per heavy atom. The SMILES string of the molecule is COC(=O)[C@]1(C)CCC[C@]2(C)c3ccc(N(c4ccccc4)c4ccccc4)cc3CC[C@@H]12. The Hall–Kier alpha value is -3.07. The highest BCUT2D eigenvalue weighted by molar-refractivity contribution is 5.79. The van der Waals surface area contributed by atoms with Crippen molar-refractivity contribution in [2.24, 2.45) is 11.3 Å². The van der Waals surface area contributed by atoms with Gasteiger partial charge in [0, 0.05) is 17.1 Å². The number of benzene rings is 3. The van der Waals surface area contributed by atoms with Gasteiger partial charge in [0.2, 0.25) is 0 Å². The van der Waals surface area contributed by atoms with Crippen LogP contribution in [0.5, 0.6) is 0 Å². The Balaban J connectivity index is 1.58. The summed E-state index contributed by atoms with van der Waals surface area (Å²) in [6.45, 7) is 4.51. The number of rotatable bonds is 4. The highest BCUT2D eigenvalue weighted by Gasteiger charge is 2.55. The minimum absolute atomic E-state index is 0.00235. The molecule has 0 spiro atoms. The van der Waals surface area contributed by atoms with E-state index in [-0.39, 0.29) is 11.4 Å². The van der Waals surface area contributed by atoms with Gasteiger partial charge in [-0.1, -0.05) is 55.8 Å². The molecule has 33 heavy (non-hydrogen) atoms. The number of methoxy groups -OCH3 is 1. The highest BCUT2D eigenvalue weighted by atomic mass is 16.5. The van der Waals surface area contributed by atoms with Crippen LogP contribution in [-0.2, 0) is 21.4 Å². The number of ether oxygens (including phenoxy) is 1. The van der Waals surface area contributed by atoms with E-state index in [1.165, 1.54) is 23.9 Å². The van der Waals surface area contributed by atoms with Crippen LogP contribution in [0.15, 0.2) is 78.9 Å². The maximum atomic E-state index is 12.8. The molecule has 0 radical (unpaired) electrons. The van der Waals surface area contributed by atoms with Gasteiger partial charge < -0.3 is 9.64 Å². The Morgan fingerprint density at radius 3 is 2.12 bits per heavy atom. The summed E-state index contributed by atoms with van der Waals surface area (Å²) in [5.74, 6) is 0.265. The van der Waals surface area contributed by atoms with Gasteiger partial charge in [-0.2, -0.15) is 0 Å². The molecular weight excluding hydrogens is 406 g/mol. The number of carbonyl (C=O) groups is 1. The topological polar surface area (TPSA) is 29.5 Å². The van der Waals surface area contributed by atoms with E-state index in [1.807, 2.05) is 0 Å². The van der Waals surface area contributed by atoms with Gasteiger partial charge in [0.1, 0.15) is 0 Å². The minimum Gasteiger partial charge on any atom is -0.469 e. The molecule has 0 heterocycles. The number of esters is 1. The van der Waals surface area contributed by atoms with Gasteiger partial charge in [-0.15, -0.1) is 0 Å². The van der Waals surface area contributed by atoms with E-state index < -0.39 is 5.41 Å². The normalized spacial score (nSPS) is 26.1. The molecule has 2 aliphatic carbocycles.